The molecule has 0 bridgehead atoms. The summed E-state index contributed by atoms with van der Waals surface area (Å²) in [5, 5.41) is 7.74. The van der Waals surface area contributed by atoms with Gasteiger partial charge in [0, 0.05) is 16.9 Å². The molecule has 0 spiro atoms. The van der Waals surface area contributed by atoms with Crippen LogP contribution in [0.2, 0.25) is 0 Å². The average molecular weight is 706 g/mol. The van der Waals surface area contributed by atoms with E-state index in [0.29, 0.717) is 0 Å². The Morgan fingerprint density at radius 1 is 0.309 bits per heavy atom. The molecule has 1 nitrogen and oxygen atoms in total. The standard InChI is InChI=1S/C54H43N/c1-53(2)50-27-14-12-26-47(50)48-32-30-38(35-51(48)54(53,3)4)41-21-13-15-28-52(41)55(39-18-6-5-7-19-39)40-20-16-17-36(33-40)37-29-31-46-44-24-9-8-22-42(44)43-23-10-11-25-45(43)49(46)34-37/h5-35H,1-4H3. The zero-order valence-corrected chi connectivity index (χ0v) is 31.8. The van der Waals surface area contributed by atoms with Gasteiger partial charge in [0.2, 0.25) is 0 Å². The molecule has 1 aliphatic rings. The smallest absolute Gasteiger partial charge is 0.0540 e. The van der Waals surface area contributed by atoms with E-state index in [4.69, 9.17) is 0 Å². The molecule has 0 aliphatic heterocycles. The monoisotopic (exact) mass is 705 g/mol. The predicted molar refractivity (Wildman–Crippen MR) is 236 cm³/mol. The van der Waals surface area contributed by atoms with Crippen molar-refractivity contribution in [1.29, 1.82) is 0 Å². The Balaban J connectivity index is 1.13. The van der Waals surface area contributed by atoms with Gasteiger partial charge in [-0.3, -0.25) is 0 Å². The lowest BCUT2D eigenvalue weighted by Crippen LogP contribution is -2.43. The molecule has 0 radical (unpaired) electrons. The van der Waals surface area contributed by atoms with E-state index in [2.05, 4.69) is 221 Å². The maximum atomic E-state index is 2.47. The molecule has 0 amide bonds. The van der Waals surface area contributed by atoms with Crippen LogP contribution in [0.4, 0.5) is 17.1 Å². The molecule has 9 aromatic carbocycles. The molecule has 1 aliphatic carbocycles. The molecular formula is C54H43N. The minimum atomic E-state index is -0.0768. The van der Waals surface area contributed by atoms with Gasteiger partial charge >= 0.3 is 0 Å². The average Bonchev–Trinajstić information content (AvgIpc) is 3.24. The van der Waals surface area contributed by atoms with Crippen molar-refractivity contribution >= 4 is 49.4 Å². The number of anilines is 3. The van der Waals surface area contributed by atoms with Crippen LogP contribution in [-0.4, -0.2) is 0 Å². The quantitative estimate of drug-likeness (QED) is 0.161. The van der Waals surface area contributed by atoms with Crippen LogP contribution in [-0.2, 0) is 10.8 Å². The SMILES string of the molecule is CC1(C)c2ccccc2-c2ccc(-c3ccccc3N(c3ccccc3)c3cccc(-c4ccc5c6ccccc6c6ccccc6c5c4)c3)cc2C1(C)C. The molecule has 55 heavy (non-hydrogen) atoms. The van der Waals surface area contributed by atoms with Crippen molar-refractivity contribution < 1.29 is 0 Å². The minimum Gasteiger partial charge on any atom is -0.310 e. The molecule has 0 heterocycles. The molecule has 10 rings (SSSR count). The maximum Gasteiger partial charge on any atom is 0.0540 e. The number of hydrogen-bond acceptors (Lipinski definition) is 1. The number of nitrogens with zero attached hydrogens (tertiary/aromatic N) is 1. The molecule has 0 atom stereocenters. The molecule has 0 N–H and O–H groups in total. The van der Waals surface area contributed by atoms with Gasteiger partial charge in [0.25, 0.3) is 0 Å². The van der Waals surface area contributed by atoms with Crippen molar-refractivity contribution in [3.63, 3.8) is 0 Å². The van der Waals surface area contributed by atoms with E-state index < -0.39 is 0 Å². The Morgan fingerprint density at radius 3 is 1.55 bits per heavy atom. The predicted octanol–water partition coefficient (Wildman–Crippen LogP) is 15.2. The number of para-hydroxylation sites is 2. The first-order valence-electron chi connectivity index (χ1n) is 19.4. The van der Waals surface area contributed by atoms with Crippen molar-refractivity contribution in [2.24, 2.45) is 0 Å². The summed E-state index contributed by atoms with van der Waals surface area (Å²) in [6.45, 7) is 9.63. The molecule has 264 valence electrons. The van der Waals surface area contributed by atoms with Crippen molar-refractivity contribution in [2.45, 2.75) is 38.5 Å². The van der Waals surface area contributed by atoms with Gasteiger partial charge in [0.1, 0.15) is 0 Å². The van der Waals surface area contributed by atoms with Crippen molar-refractivity contribution in [1.82, 2.24) is 0 Å². The van der Waals surface area contributed by atoms with E-state index in [1.807, 2.05) is 0 Å². The lowest BCUT2D eigenvalue weighted by molar-refractivity contribution is 0.299. The molecule has 0 saturated carbocycles. The van der Waals surface area contributed by atoms with Crippen LogP contribution in [0.1, 0.15) is 38.8 Å². The summed E-state index contributed by atoms with van der Waals surface area (Å²) in [5.41, 5.74) is 13.6. The fourth-order valence-electron chi connectivity index (χ4n) is 9.23. The third kappa shape index (κ3) is 5.14. The third-order valence-corrected chi connectivity index (χ3v) is 12.8. The second kappa shape index (κ2) is 12.6. The highest BCUT2D eigenvalue weighted by Gasteiger charge is 2.45. The van der Waals surface area contributed by atoms with Gasteiger partial charge in [-0.15, -0.1) is 0 Å². The topological polar surface area (TPSA) is 3.24 Å². The van der Waals surface area contributed by atoms with Crippen LogP contribution in [0, 0.1) is 0 Å². The van der Waals surface area contributed by atoms with E-state index >= 15 is 0 Å². The Kier molecular flexibility index (Phi) is 7.58. The van der Waals surface area contributed by atoms with Gasteiger partial charge in [-0.05, 0) is 125 Å². The van der Waals surface area contributed by atoms with E-state index in [1.165, 1.54) is 76.8 Å². The van der Waals surface area contributed by atoms with E-state index in [9.17, 15) is 0 Å². The second-order valence-electron chi connectivity index (χ2n) is 16.1. The molecule has 0 unspecified atom stereocenters. The first-order valence-corrected chi connectivity index (χ1v) is 19.4. The van der Waals surface area contributed by atoms with Gasteiger partial charge in [-0.25, -0.2) is 0 Å². The number of rotatable bonds is 5. The molecule has 9 aromatic rings. The number of fused-ring (bicyclic) bond motifs is 9. The van der Waals surface area contributed by atoms with Gasteiger partial charge in [0.05, 0.1) is 5.69 Å². The van der Waals surface area contributed by atoms with E-state index in [-0.39, 0.29) is 10.8 Å². The summed E-state index contributed by atoms with van der Waals surface area (Å²) >= 11 is 0. The van der Waals surface area contributed by atoms with Crippen molar-refractivity contribution in [2.75, 3.05) is 4.90 Å². The maximum absolute atomic E-state index is 2.47. The summed E-state index contributed by atoms with van der Waals surface area (Å²) in [6, 6.07) is 69.4. The lowest BCUT2D eigenvalue weighted by atomic mass is 9.55. The summed E-state index contributed by atoms with van der Waals surface area (Å²) < 4.78 is 0. The highest BCUT2D eigenvalue weighted by atomic mass is 15.1. The number of hydrogen-bond donors (Lipinski definition) is 0. The fourth-order valence-corrected chi connectivity index (χ4v) is 9.23. The summed E-state index contributed by atoms with van der Waals surface area (Å²) in [4.78, 5) is 2.42. The van der Waals surface area contributed by atoms with Gasteiger partial charge in [-0.2, -0.15) is 0 Å². The fraction of sp³-hybridized carbons (Fsp3) is 0.111. The van der Waals surface area contributed by atoms with Crippen molar-refractivity contribution in [3.8, 4) is 33.4 Å². The summed E-state index contributed by atoms with van der Waals surface area (Å²) in [5.74, 6) is 0. The Morgan fingerprint density at radius 2 is 0.818 bits per heavy atom. The van der Waals surface area contributed by atoms with E-state index in [1.54, 1.807) is 0 Å². The Labute approximate surface area is 324 Å². The highest BCUT2D eigenvalue weighted by Crippen LogP contribution is 2.55. The molecule has 0 aromatic heterocycles. The molecule has 1 heteroatoms. The zero-order valence-electron chi connectivity index (χ0n) is 31.8. The van der Waals surface area contributed by atoms with Crippen molar-refractivity contribution in [3.05, 3.63) is 199 Å². The van der Waals surface area contributed by atoms with Gasteiger partial charge < -0.3 is 4.90 Å². The van der Waals surface area contributed by atoms with Crippen LogP contribution >= 0.6 is 0 Å². The van der Waals surface area contributed by atoms with E-state index in [0.717, 1.165) is 17.1 Å². The molecular weight excluding hydrogens is 663 g/mol. The highest BCUT2D eigenvalue weighted by molar-refractivity contribution is 6.25. The van der Waals surface area contributed by atoms with Crippen LogP contribution in [0.3, 0.4) is 0 Å². The molecule has 0 fully saturated rings. The first kappa shape index (κ1) is 33.2. The Hall–Kier alpha value is -6.44. The van der Waals surface area contributed by atoms with Crippen LogP contribution in [0.15, 0.2) is 188 Å². The summed E-state index contributed by atoms with van der Waals surface area (Å²) in [7, 11) is 0. The lowest BCUT2D eigenvalue weighted by Gasteiger charge is -2.48. The number of benzene rings is 9. The third-order valence-electron chi connectivity index (χ3n) is 12.8. The normalized spacial score (nSPS) is 14.1. The minimum absolute atomic E-state index is 0.0343. The van der Waals surface area contributed by atoms with Crippen LogP contribution < -0.4 is 4.90 Å². The zero-order chi connectivity index (χ0) is 37.3. The largest absolute Gasteiger partial charge is 0.310 e. The second-order valence-corrected chi connectivity index (χ2v) is 16.1. The van der Waals surface area contributed by atoms with Gasteiger partial charge in [0.15, 0.2) is 0 Å². The van der Waals surface area contributed by atoms with Crippen LogP contribution in [0.25, 0.3) is 65.7 Å². The Bertz CT molecular complexity index is 2900. The first-order chi connectivity index (χ1) is 26.8. The van der Waals surface area contributed by atoms with Crippen LogP contribution in [0.5, 0.6) is 0 Å². The van der Waals surface area contributed by atoms with Gasteiger partial charge in [-0.1, -0.05) is 173 Å². The molecule has 0 saturated heterocycles. The summed E-state index contributed by atoms with van der Waals surface area (Å²) in [6.07, 6.45) is 0.